The van der Waals surface area contributed by atoms with Gasteiger partial charge in [-0.3, -0.25) is 9.10 Å². The Morgan fingerprint density at radius 2 is 1.57 bits per heavy atom. The minimum absolute atomic E-state index is 0.217. The van der Waals surface area contributed by atoms with E-state index < -0.39 is 10.0 Å². The molecule has 0 bridgehead atoms. The molecule has 4 rings (SSSR count). The highest BCUT2D eigenvalue weighted by Gasteiger charge is 2.36. The van der Waals surface area contributed by atoms with Crippen LogP contribution in [0.2, 0.25) is 0 Å². The Balaban J connectivity index is 1.61. The molecule has 0 fully saturated rings. The van der Waals surface area contributed by atoms with Crippen molar-refractivity contribution >= 4 is 21.6 Å². The highest BCUT2D eigenvalue weighted by Crippen LogP contribution is 2.42. The maximum Gasteiger partial charge on any atom is 0.265 e. The number of benzene rings is 3. The number of fused-ring (bicyclic) bond motifs is 3. The summed E-state index contributed by atoms with van der Waals surface area (Å²) in [5.41, 5.74) is 2.90. The van der Waals surface area contributed by atoms with E-state index in [1.54, 1.807) is 44.5 Å². The molecule has 1 aliphatic heterocycles. The van der Waals surface area contributed by atoms with E-state index >= 15 is 0 Å². The van der Waals surface area contributed by atoms with Crippen LogP contribution in [0.3, 0.4) is 0 Å². The third kappa shape index (κ3) is 3.52. The van der Waals surface area contributed by atoms with E-state index in [0.717, 1.165) is 16.9 Å². The van der Waals surface area contributed by atoms with Crippen LogP contribution in [0, 0.1) is 0 Å². The molecule has 0 N–H and O–H groups in total. The fraction of sp³-hybridized carbons (Fsp3) is 0.174. The number of amides is 1. The van der Waals surface area contributed by atoms with Gasteiger partial charge in [0.05, 0.1) is 17.7 Å². The summed E-state index contributed by atoms with van der Waals surface area (Å²) in [6, 6.07) is 21.6. The average molecular weight is 423 g/mol. The summed E-state index contributed by atoms with van der Waals surface area (Å²) < 4.78 is 32.9. The molecule has 154 valence electrons. The van der Waals surface area contributed by atoms with E-state index in [4.69, 9.17) is 4.74 Å². The molecule has 1 aliphatic rings. The van der Waals surface area contributed by atoms with Gasteiger partial charge in [0.2, 0.25) is 5.91 Å². The van der Waals surface area contributed by atoms with Crippen LogP contribution in [0.5, 0.6) is 5.75 Å². The van der Waals surface area contributed by atoms with Gasteiger partial charge in [-0.25, -0.2) is 8.42 Å². The monoisotopic (exact) mass is 422 g/mol. The van der Waals surface area contributed by atoms with Crippen molar-refractivity contribution in [2.45, 2.75) is 11.4 Å². The molecule has 0 saturated carbocycles. The lowest BCUT2D eigenvalue weighted by atomic mass is 10.0. The van der Waals surface area contributed by atoms with Crippen LogP contribution in [-0.2, 0) is 21.4 Å². The van der Waals surface area contributed by atoms with Gasteiger partial charge in [0, 0.05) is 24.7 Å². The smallest absolute Gasteiger partial charge is 0.265 e. The Morgan fingerprint density at radius 1 is 0.933 bits per heavy atom. The van der Waals surface area contributed by atoms with Crippen molar-refractivity contribution in [2.24, 2.45) is 0 Å². The molecule has 0 radical (unpaired) electrons. The summed E-state index contributed by atoms with van der Waals surface area (Å²) in [4.78, 5) is 14.7. The number of likely N-dealkylation sites (N-methyl/N-ethyl adjacent to an activating group) is 1. The second-order valence-corrected chi connectivity index (χ2v) is 8.95. The molecule has 1 amide bonds. The molecular weight excluding hydrogens is 400 g/mol. The van der Waals surface area contributed by atoms with Crippen molar-refractivity contribution in [3.63, 3.8) is 0 Å². The van der Waals surface area contributed by atoms with E-state index in [1.165, 1.54) is 9.21 Å². The van der Waals surface area contributed by atoms with Gasteiger partial charge < -0.3 is 9.64 Å². The zero-order chi connectivity index (χ0) is 21.3. The van der Waals surface area contributed by atoms with Crippen LogP contribution >= 0.6 is 0 Å². The van der Waals surface area contributed by atoms with Crippen LogP contribution in [0.1, 0.15) is 5.56 Å². The van der Waals surface area contributed by atoms with Crippen LogP contribution in [0.25, 0.3) is 11.1 Å². The lowest BCUT2D eigenvalue weighted by molar-refractivity contribution is -0.128. The summed E-state index contributed by atoms with van der Waals surface area (Å²) >= 11 is 0. The lowest BCUT2D eigenvalue weighted by Gasteiger charge is -2.32. The van der Waals surface area contributed by atoms with Gasteiger partial charge in [0.15, 0.2) is 0 Å². The molecule has 3 aromatic rings. The molecule has 6 nitrogen and oxygen atoms in total. The van der Waals surface area contributed by atoms with Crippen molar-refractivity contribution in [3.05, 3.63) is 78.4 Å². The van der Waals surface area contributed by atoms with Gasteiger partial charge in [-0.05, 0) is 29.8 Å². The van der Waals surface area contributed by atoms with Crippen LogP contribution in [-0.4, -0.2) is 39.9 Å². The summed E-state index contributed by atoms with van der Waals surface area (Å²) in [6.45, 7) is 0.106. The SMILES string of the molecule is COc1ccc(CN(C)C(=O)CN2c3ccccc3-c3ccccc3S2(=O)=O)cc1. The average Bonchev–Trinajstić information content (AvgIpc) is 2.77. The third-order valence-corrected chi connectivity index (χ3v) is 7.02. The van der Waals surface area contributed by atoms with Gasteiger partial charge in [-0.1, -0.05) is 48.5 Å². The number of para-hydroxylation sites is 1. The van der Waals surface area contributed by atoms with Gasteiger partial charge in [-0.15, -0.1) is 0 Å². The van der Waals surface area contributed by atoms with Crippen LogP contribution in [0.4, 0.5) is 5.69 Å². The van der Waals surface area contributed by atoms with Crippen molar-refractivity contribution in [2.75, 3.05) is 25.0 Å². The Labute approximate surface area is 176 Å². The lowest BCUT2D eigenvalue weighted by Crippen LogP contribution is -2.43. The summed E-state index contributed by atoms with van der Waals surface area (Å²) in [6.07, 6.45) is 0. The van der Waals surface area contributed by atoms with Crippen molar-refractivity contribution in [3.8, 4) is 16.9 Å². The van der Waals surface area contributed by atoms with Crippen molar-refractivity contribution < 1.29 is 17.9 Å². The summed E-state index contributed by atoms with van der Waals surface area (Å²) in [5.74, 6) is 0.450. The molecular formula is C23H22N2O4S. The maximum absolute atomic E-state index is 13.3. The van der Waals surface area contributed by atoms with E-state index in [1.807, 2.05) is 42.5 Å². The normalized spacial score (nSPS) is 13.9. The number of hydrogen-bond donors (Lipinski definition) is 0. The number of sulfonamides is 1. The molecule has 0 atom stereocenters. The molecule has 0 aromatic heterocycles. The quantitative estimate of drug-likeness (QED) is 0.631. The second kappa shape index (κ2) is 7.84. The molecule has 30 heavy (non-hydrogen) atoms. The zero-order valence-electron chi connectivity index (χ0n) is 16.8. The Morgan fingerprint density at radius 3 is 2.27 bits per heavy atom. The minimum Gasteiger partial charge on any atom is -0.497 e. The number of methoxy groups -OCH3 is 1. The summed E-state index contributed by atoms with van der Waals surface area (Å²) in [7, 11) is -0.571. The fourth-order valence-electron chi connectivity index (χ4n) is 3.59. The minimum atomic E-state index is -3.84. The topological polar surface area (TPSA) is 66.9 Å². The van der Waals surface area contributed by atoms with E-state index in [9.17, 15) is 13.2 Å². The highest BCUT2D eigenvalue weighted by molar-refractivity contribution is 7.93. The molecule has 7 heteroatoms. The largest absolute Gasteiger partial charge is 0.497 e. The molecule has 0 spiro atoms. The molecule has 3 aromatic carbocycles. The van der Waals surface area contributed by atoms with E-state index in [0.29, 0.717) is 17.8 Å². The van der Waals surface area contributed by atoms with Crippen molar-refractivity contribution in [1.29, 1.82) is 0 Å². The van der Waals surface area contributed by atoms with Crippen molar-refractivity contribution in [1.82, 2.24) is 4.90 Å². The second-order valence-electron chi connectivity index (χ2n) is 7.12. The number of anilines is 1. The first kappa shape index (κ1) is 20.0. The predicted octanol–water partition coefficient (Wildman–Crippen LogP) is 3.53. The van der Waals surface area contributed by atoms with E-state index in [-0.39, 0.29) is 17.3 Å². The van der Waals surface area contributed by atoms with Crippen LogP contribution < -0.4 is 9.04 Å². The van der Waals surface area contributed by atoms with Gasteiger partial charge in [0.25, 0.3) is 10.0 Å². The zero-order valence-corrected chi connectivity index (χ0v) is 17.6. The fourth-order valence-corrected chi connectivity index (χ4v) is 5.23. The number of rotatable bonds is 5. The van der Waals surface area contributed by atoms with Gasteiger partial charge >= 0.3 is 0 Å². The Bertz CT molecular complexity index is 1190. The number of hydrogen-bond acceptors (Lipinski definition) is 4. The first-order valence-corrected chi connectivity index (χ1v) is 10.9. The summed E-state index contributed by atoms with van der Waals surface area (Å²) in [5, 5.41) is 0. The van der Waals surface area contributed by atoms with Crippen LogP contribution in [0.15, 0.2) is 77.7 Å². The van der Waals surface area contributed by atoms with E-state index in [2.05, 4.69) is 0 Å². The number of carbonyl (C=O) groups is 1. The molecule has 0 aliphatic carbocycles. The predicted molar refractivity (Wildman–Crippen MR) is 116 cm³/mol. The third-order valence-electron chi connectivity index (χ3n) is 5.20. The Kier molecular flexibility index (Phi) is 5.22. The molecule has 0 unspecified atom stereocenters. The first-order valence-electron chi connectivity index (χ1n) is 9.50. The maximum atomic E-state index is 13.3. The van der Waals surface area contributed by atoms with Gasteiger partial charge in [0.1, 0.15) is 12.3 Å². The Hall–Kier alpha value is -3.32. The standard InChI is InChI=1S/C23H22N2O4S/c1-24(15-17-11-13-18(29-2)14-12-17)23(26)16-25-21-9-5-3-7-19(21)20-8-4-6-10-22(20)30(25,27)28/h3-14H,15-16H2,1-2H3. The molecule has 1 heterocycles. The van der Waals surface area contributed by atoms with Gasteiger partial charge in [-0.2, -0.15) is 0 Å². The number of nitrogens with zero attached hydrogens (tertiary/aromatic N) is 2. The number of ether oxygens (including phenoxy) is 1. The molecule has 0 saturated heterocycles. The first-order chi connectivity index (χ1) is 14.4. The number of carbonyl (C=O) groups excluding carboxylic acids is 1. The highest BCUT2D eigenvalue weighted by atomic mass is 32.2.